The minimum Gasteiger partial charge on any atom is -0.493 e. The molecule has 18 heteroatoms. The van der Waals surface area contributed by atoms with Gasteiger partial charge in [-0.05, 0) is 138 Å². The Morgan fingerprint density at radius 2 is 0.804 bits per heavy atom. The number of rotatable bonds is 27. The van der Waals surface area contributed by atoms with Gasteiger partial charge in [0.05, 0.1) is 47.4 Å². The molecule has 4 N–H and O–H groups in total. The Bertz CT molecular complexity index is 4440. The lowest BCUT2D eigenvalue weighted by Gasteiger charge is -2.25. The molecule has 0 saturated heterocycles. The topological polar surface area (TPSA) is 195 Å². The van der Waals surface area contributed by atoms with E-state index in [0.717, 1.165) is 72.1 Å². The van der Waals surface area contributed by atoms with E-state index >= 15 is 0 Å². The summed E-state index contributed by atoms with van der Waals surface area (Å²) < 4.78 is 74.1. The monoisotopic (exact) mass is 1310 g/mol. The van der Waals surface area contributed by atoms with Crippen LogP contribution in [-0.4, -0.2) is 79.7 Å². The minimum atomic E-state index is -3.60. The zero-order chi connectivity index (χ0) is 64.8. The van der Waals surface area contributed by atoms with Gasteiger partial charge in [0.1, 0.15) is 11.5 Å². The second-order valence-corrected chi connectivity index (χ2v) is 27.3. The van der Waals surface area contributed by atoms with Gasteiger partial charge < -0.3 is 28.8 Å². The van der Waals surface area contributed by atoms with E-state index in [1.54, 1.807) is 50.2 Å². The maximum Gasteiger partial charge on any atom is 0.335 e. The number of ether oxygens (including phenoxy) is 2. The molecule has 2 heterocycles. The van der Waals surface area contributed by atoms with E-state index in [0.29, 0.717) is 60.4 Å². The third-order valence-electron chi connectivity index (χ3n) is 16.0. The zero-order valence-electron chi connectivity index (χ0n) is 50.7. The Kier molecular flexibility index (Phi) is 21.8. The molecule has 92 heavy (non-hydrogen) atoms. The molecule has 9 aromatic carbocycles. The Morgan fingerprint density at radius 3 is 1.15 bits per heavy atom. The van der Waals surface area contributed by atoms with Crippen LogP contribution in [-0.2, 0) is 51.5 Å². The van der Waals surface area contributed by atoms with Crippen molar-refractivity contribution in [1.82, 2.24) is 18.6 Å². The number of carboxylic acids is 2. The van der Waals surface area contributed by atoms with Gasteiger partial charge >= 0.3 is 11.9 Å². The average molecular weight is 1310 g/mol. The van der Waals surface area contributed by atoms with Gasteiger partial charge in [-0.15, -0.1) is 0 Å². The molecule has 2 aromatic heterocycles. The van der Waals surface area contributed by atoms with E-state index in [1.165, 1.54) is 24.3 Å². The Morgan fingerprint density at radius 1 is 0.457 bits per heavy atom. The Labute approximate surface area is 546 Å². The number of fused-ring (bicyclic) bond motifs is 2. The molecule has 0 radical (unpaired) electrons. The molecule has 0 atom stereocenters. The van der Waals surface area contributed by atoms with Crippen LogP contribution in [0.4, 0.5) is 0 Å². The molecule has 11 rings (SSSR count). The number of hydrogen-bond acceptors (Lipinski definition) is 8. The quantitative estimate of drug-likeness (QED) is 0.0385. The molecule has 0 spiro atoms. The molecule has 0 aliphatic heterocycles. The lowest BCUT2D eigenvalue weighted by Crippen LogP contribution is -2.33. The van der Waals surface area contributed by atoms with Crippen molar-refractivity contribution in [2.45, 2.75) is 62.6 Å². The van der Waals surface area contributed by atoms with E-state index < -0.39 is 37.2 Å². The number of hydrogen-bond donors (Lipinski definition) is 4. The number of aromatic carboxylic acids is 2. The van der Waals surface area contributed by atoms with Crippen LogP contribution in [0.3, 0.4) is 0 Å². The summed E-state index contributed by atoms with van der Waals surface area (Å²) in [6.07, 6.45) is 1.89. The number of nitrogens with zero attached hydrogens (tertiary/aromatic N) is 2. The first kappa shape index (κ1) is 65.9. The van der Waals surface area contributed by atoms with Gasteiger partial charge in [-0.2, -0.15) is 0 Å². The van der Waals surface area contributed by atoms with Crippen molar-refractivity contribution in [2.24, 2.45) is 0 Å². The number of aromatic nitrogens is 2. The third kappa shape index (κ3) is 16.4. The number of carboxylic acid groups (broad SMARTS) is 2. The molecule has 11 aromatic rings. The van der Waals surface area contributed by atoms with Crippen LogP contribution in [0.5, 0.6) is 11.5 Å². The van der Waals surface area contributed by atoms with Crippen molar-refractivity contribution in [1.29, 1.82) is 0 Å². The van der Waals surface area contributed by atoms with Crippen molar-refractivity contribution in [3.63, 3.8) is 0 Å². The first-order valence-corrected chi connectivity index (χ1v) is 34.1. The Hall–Kier alpha value is -9.00. The summed E-state index contributed by atoms with van der Waals surface area (Å²) in [5, 5.41) is 21.1. The predicted molar refractivity (Wildman–Crippen MR) is 366 cm³/mol. The van der Waals surface area contributed by atoms with E-state index in [2.05, 4.69) is 67.1 Å². The summed E-state index contributed by atoms with van der Waals surface area (Å²) in [4.78, 5) is 22.6. The summed E-state index contributed by atoms with van der Waals surface area (Å²) in [6, 6.07) is 74.1. The summed E-state index contributed by atoms with van der Waals surface area (Å²) in [6.45, 7) is 4.38. The molecular formula is C74H70Cl2N4O10S2. The number of sulfonamides is 2. The first-order valence-electron chi connectivity index (χ1n) is 30.2. The molecule has 0 aliphatic rings. The van der Waals surface area contributed by atoms with Crippen molar-refractivity contribution in [3.8, 4) is 11.5 Å². The van der Waals surface area contributed by atoms with Gasteiger partial charge in [0.25, 0.3) is 0 Å². The maximum atomic E-state index is 13.2. The number of halogens is 2. The van der Waals surface area contributed by atoms with Crippen molar-refractivity contribution in [2.75, 3.05) is 26.3 Å². The normalized spacial score (nSPS) is 11.7. The molecule has 0 aliphatic carbocycles. The van der Waals surface area contributed by atoms with Gasteiger partial charge in [-0.1, -0.05) is 175 Å². The van der Waals surface area contributed by atoms with Gasteiger partial charge in [-0.3, -0.25) is 0 Å². The summed E-state index contributed by atoms with van der Waals surface area (Å²) in [5.74, 6) is -0.977. The molecule has 0 saturated carbocycles. The molecule has 472 valence electrons. The van der Waals surface area contributed by atoms with Crippen molar-refractivity contribution >= 4 is 77.0 Å². The van der Waals surface area contributed by atoms with Gasteiger partial charge in [-0.25, -0.2) is 35.9 Å². The summed E-state index contributed by atoms with van der Waals surface area (Å²) >= 11 is 13.2. The highest BCUT2D eigenvalue weighted by Crippen LogP contribution is 2.40. The van der Waals surface area contributed by atoms with Gasteiger partial charge in [0.2, 0.25) is 20.0 Å². The highest BCUT2D eigenvalue weighted by molar-refractivity contribution is 7.90. The van der Waals surface area contributed by atoms with Crippen molar-refractivity contribution < 1.29 is 46.1 Å². The molecule has 0 fully saturated rings. The van der Waals surface area contributed by atoms with Crippen LogP contribution in [0, 0.1) is 0 Å². The minimum absolute atomic E-state index is 0.107. The van der Waals surface area contributed by atoms with Crippen LogP contribution in [0.15, 0.2) is 237 Å². The molecule has 0 amide bonds. The highest BCUT2D eigenvalue weighted by Gasteiger charge is 2.29. The third-order valence-corrected chi connectivity index (χ3v) is 19.6. The average Bonchev–Trinajstić information content (AvgIpc) is 1.60. The number of nitrogens with one attached hydrogen (secondary N) is 2. The van der Waals surface area contributed by atoms with Crippen LogP contribution in [0.2, 0.25) is 10.0 Å². The molecular weight excluding hydrogens is 1240 g/mol. The first-order chi connectivity index (χ1) is 44.4. The second-order valence-electron chi connectivity index (χ2n) is 22.3. The van der Waals surface area contributed by atoms with Crippen molar-refractivity contribution in [3.05, 3.63) is 308 Å². The lowest BCUT2D eigenvalue weighted by atomic mass is 9.97. The lowest BCUT2D eigenvalue weighted by molar-refractivity contribution is 0.0686. The number of carbonyl (C=O) groups is 2. The second kappa shape index (κ2) is 30.4. The smallest absolute Gasteiger partial charge is 0.335 e. The molecule has 0 unspecified atom stereocenters. The van der Waals surface area contributed by atoms with E-state index in [-0.39, 0.29) is 42.1 Å². The molecule has 14 nitrogen and oxygen atoms in total. The van der Waals surface area contributed by atoms with Crippen LogP contribution >= 0.6 is 23.2 Å². The largest absolute Gasteiger partial charge is 0.493 e. The van der Waals surface area contributed by atoms with Crippen LogP contribution < -0.4 is 18.9 Å². The fourth-order valence-electron chi connectivity index (χ4n) is 11.6. The van der Waals surface area contributed by atoms with E-state index in [9.17, 15) is 36.6 Å². The van der Waals surface area contributed by atoms with E-state index in [4.69, 9.17) is 32.7 Å². The Balaban J connectivity index is 0.000000202. The molecule has 0 bridgehead atoms. The maximum absolute atomic E-state index is 13.2. The number of benzene rings is 9. The highest BCUT2D eigenvalue weighted by atomic mass is 35.5. The SMILES string of the molecule is CC(C)S(=O)(=O)NCCc1c(CCOc2ccc(C(=O)O)cc2)c2cc(Cl)ccc2n1C(c1ccccc1)c1ccccc1.O=C(O)c1ccc(OCCc2c(CCNS(=O)(=O)Cc3ccccc3)n(C(c3ccccc3)c3ccccc3)c3ccc(Cl)cc23)cc1. The fourth-order valence-corrected chi connectivity index (χ4v) is 13.8. The van der Waals surface area contributed by atoms with Crippen LogP contribution in [0.1, 0.15) is 97.0 Å². The van der Waals surface area contributed by atoms with E-state index in [1.807, 2.05) is 127 Å². The van der Waals surface area contributed by atoms with Gasteiger partial charge in [0, 0.05) is 82.0 Å². The standard InChI is InChI=1S/C39H35ClN2O5S.C35H35ClN2O5S/c40-32-18-21-36-35(26-32)34(23-25-47-33-19-16-31(17-20-33)39(43)44)37(22-24-41-48(45,46)27-28-10-4-1-5-11-28)42(36)38(29-12-6-2-7-13-29)30-14-8-3-9-15-30;1-24(2)44(41,42)37-21-19-33-30(20-22-43-29-16-13-27(14-17-29)35(39)40)31-23-28(36)15-18-32(31)38(33)34(25-9-5-3-6-10-25)26-11-7-4-8-12-26/h1-21,26,38,41H,22-25,27H2,(H,43,44);3-18,23-24,34,37H,19-22H2,1-2H3,(H,39,40). The summed E-state index contributed by atoms with van der Waals surface area (Å²) in [7, 11) is -7.07. The zero-order valence-corrected chi connectivity index (χ0v) is 53.9. The fraction of sp³-hybridized carbons (Fsp3) is 0.189. The van der Waals surface area contributed by atoms with Crippen LogP contribution in [0.25, 0.3) is 21.8 Å². The predicted octanol–water partition coefficient (Wildman–Crippen LogP) is 15.0. The summed E-state index contributed by atoms with van der Waals surface area (Å²) in [5.41, 5.74) is 11.4. The van der Waals surface area contributed by atoms with Gasteiger partial charge in [0.15, 0.2) is 0 Å².